The molecule has 1 fully saturated rings. The fraction of sp³-hybridized carbons (Fsp3) is 0.389. The van der Waals surface area contributed by atoms with Gasteiger partial charge in [0.15, 0.2) is 0 Å². The Balaban J connectivity index is 1.51. The molecule has 3 rings (SSSR count). The summed E-state index contributed by atoms with van der Waals surface area (Å²) in [6.45, 7) is 3.17. The lowest BCUT2D eigenvalue weighted by atomic mass is 10.0. The molecule has 0 radical (unpaired) electrons. The van der Waals surface area contributed by atoms with Crippen molar-refractivity contribution >= 4 is 44.6 Å². The standard InChI is InChI=1S/C18H22ClN3O3S2/c1-13(18(23)20-16-5-2-4-14(19)12-16)22-9-7-15(8-10-22)21-27(24,25)17-6-3-11-26-17/h2-6,11-13,15,21H,7-10H2,1H3,(H,20,23). The van der Waals surface area contributed by atoms with E-state index in [1.54, 1.807) is 41.8 Å². The summed E-state index contributed by atoms with van der Waals surface area (Å²) in [5, 5.41) is 5.19. The molecule has 2 N–H and O–H groups in total. The third-order valence-electron chi connectivity index (χ3n) is 4.63. The van der Waals surface area contributed by atoms with Gasteiger partial charge in [0.25, 0.3) is 0 Å². The minimum atomic E-state index is -3.46. The molecule has 1 saturated heterocycles. The van der Waals surface area contributed by atoms with E-state index in [9.17, 15) is 13.2 Å². The number of anilines is 1. The van der Waals surface area contributed by atoms with Crippen molar-refractivity contribution < 1.29 is 13.2 Å². The van der Waals surface area contributed by atoms with E-state index in [1.807, 2.05) is 6.92 Å². The van der Waals surface area contributed by atoms with E-state index in [2.05, 4.69) is 14.9 Å². The SMILES string of the molecule is CC(C(=O)Nc1cccc(Cl)c1)N1CCC(NS(=O)(=O)c2cccs2)CC1. The molecule has 0 bridgehead atoms. The van der Waals surface area contributed by atoms with Crippen molar-refractivity contribution in [3.8, 4) is 0 Å². The third kappa shape index (κ3) is 5.30. The summed E-state index contributed by atoms with van der Waals surface area (Å²) in [5.74, 6) is -0.102. The van der Waals surface area contributed by atoms with Crippen LogP contribution in [0.1, 0.15) is 19.8 Å². The van der Waals surface area contributed by atoms with Crippen LogP contribution in [0.4, 0.5) is 5.69 Å². The summed E-state index contributed by atoms with van der Waals surface area (Å²) in [7, 11) is -3.46. The van der Waals surface area contributed by atoms with Crippen molar-refractivity contribution in [1.82, 2.24) is 9.62 Å². The van der Waals surface area contributed by atoms with E-state index in [4.69, 9.17) is 11.6 Å². The highest BCUT2D eigenvalue weighted by Gasteiger charge is 2.29. The molecule has 1 unspecified atom stereocenters. The van der Waals surface area contributed by atoms with E-state index in [1.165, 1.54) is 11.3 Å². The molecule has 9 heteroatoms. The normalized spacial score (nSPS) is 17.6. The highest BCUT2D eigenvalue weighted by Crippen LogP contribution is 2.20. The van der Waals surface area contributed by atoms with Crippen LogP contribution < -0.4 is 10.0 Å². The number of rotatable bonds is 6. The van der Waals surface area contributed by atoms with Gasteiger partial charge in [-0.15, -0.1) is 11.3 Å². The van der Waals surface area contributed by atoms with Crippen LogP contribution in [-0.2, 0) is 14.8 Å². The van der Waals surface area contributed by atoms with Crippen LogP contribution in [0.5, 0.6) is 0 Å². The summed E-state index contributed by atoms with van der Waals surface area (Å²) >= 11 is 7.15. The van der Waals surface area contributed by atoms with Crippen LogP contribution in [0.15, 0.2) is 46.0 Å². The lowest BCUT2D eigenvalue weighted by molar-refractivity contribution is -0.121. The molecule has 1 amide bonds. The minimum absolute atomic E-state index is 0.102. The number of carbonyl (C=O) groups is 1. The van der Waals surface area contributed by atoms with Crippen molar-refractivity contribution in [2.75, 3.05) is 18.4 Å². The number of carbonyl (C=O) groups excluding carboxylic acids is 1. The molecule has 0 spiro atoms. The first kappa shape index (κ1) is 20.3. The Morgan fingerprint density at radius 2 is 2.00 bits per heavy atom. The van der Waals surface area contributed by atoms with Crippen LogP contribution in [-0.4, -0.2) is 44.4 Å². The van der Waals surface area contributed by atoms with Crippen molar-refractivity contribution in [3.05, 3.63) is 46.8 Å². The second kappa shape index (κ2) is 8.70. The Morgan fingerprint density at radius 1 is 1.26 bits per heavy atom. The van der Waals surface area contributed by atoms with Gasteiger partial charge >= 0.3 is 0 Å². The number of nitrogens with one attached hydrogen (secondary N) is 2. The van der Waals surface area contributed by atoms with Crippen LogP contribution in [0, 0.1) is 0 Å². The van der Waals surface area contributed by atoms with Crippen molar-refractivity contribution in [2.45, 2.75) is 36.1 Å². The predicted octanol–water partition coefficient (Wildman–Crippen LogP) is 3.17. The zero-order valence-corrected chi connectivity index (χ0v) is 17.3. The maximum atomic E-state index is 12.5. The fourth-order valence-electron chi connectivity index (χ4n) is 3.08. The first-order chi connectivity index (χ1) is 12.8. The Labute approximate surface area is 168 Å². The molecule has 27 heavy (non-hydrogen) atoms. The second-order valence-electron chi connectivity index (χ2n) is 6.54. The minimum Gasteiger partial charge on any atom is -0.325 e. The summed E-state index contributed by atoms with van der Waals surface area (Å²) in [6.07, 6.45) is 1.33. The lowest BCUT2D eigenvalue weighted by Crippen LogP contribution is -2.50. The zero-order chi connectivity index (χ0) is 19.4. The number of thiophene rings is 1. The first-order valence-corrected chi connectivity index (χ1v) is 11.5. The van der Waals surface area contributed by atoms with Gasteiger partial charge in [0, 0.05) is 29.8 Å². The smallest absolute Gasteiger partial charge is 0.250 e. The largest absolute Gasteiger partial charge is 0.325 e. The molecule has 1 aliphatic rings. The van der Waals surface area contributed by atoms with Gasteiger partial charge < -0.3 is 5.32 Å². The maximum Gasteiger partial charge on any atom is 0.250 e. The Kier molecular flexibility index (Phi) is 6.54. The molecule has 1 aromatic heterocycles. The highest BCUT2D eigenvalue weighted by atomic mass is 35.5. The Morgan fingerprint density at radius 3 is 2.63 bits per heavy atom. The van der Waals surface area contributed by atoms with E-state index in [0.717, 1.165) is 0 Å². The summed E-state index contributed by atoms with van der Waals surface area (Å²) in [5.41, 5.74) is 0.665. The number of sulfonamides is 1. The molecule has 1 aliphatic heterocycles. The van der Waals surface area contributed by atoms with Crippen LogP contribution in [0.2, 0.25) is 5.02 Å². The average molecular weight is 428 g/mol. The van der Waals surface area contributed by atoms with E-state index in [0.29, 0.717) is 40.9 Å². The third-order valence-corrected chi connectivity index (χ3v) is 7.78. The molecule has 0 saturated carbocycles. The molecule has 146 valence electrons. The summed E-state index contributed by atoms with van der Waals surface area (Å²) < 4.78 is 27.8. The number of hydrogen-bond acceptors (Lipinski definition) is 5. The predicted molar refractivity (Wildman–Crippen MR) is 109 cm³/mol. The van der Waals surface area contributed by atoms with Crippen molar-refractivity contribution in [2.24, 2.45) is 0 Å². The maximum absolute atomic E-state index is 12.5. The van der Waals surface area contributed by atoms with Crippen molar-refractivity contribution in [1.29, 1.82) is 0 Å². The van der Waals surface area contributed by atoms with E-state index >= 15 is 0 Å². The van der Waals surface area contributed by atoms with Crippen LogP contribution in [0.3, 0.4) is 0 Å². The highest BCUT2D eigenvalue weighted by molar-refractivity contribution is 7.91. The van der Waals surface area contributed by atoms with Crippen LogP contribution in [0.25, 0.3) is 0 Å². The van der Waals surface area contributed by atoms with E-state index < -0.39 is 10.0 Å². The second-order valence-corrected chi connectivity index (χ2v) is 9.86. The Hall–Kier alpha value is -1.45. The molecule has 6 nitrogen and oxygen atoms in total. The van der Waals surface area contributed by atoms with Gasteiger partial charge in [0.1, 0.15) is 4.21 Å². The molecule has 1 aromatic carbocycles. The lowest BCUT2D eigenvalue weighted by Gasteiger charge is -2.35. The number of likely N-dealkylation sites (tertiary alicyclic amines) is 1. The number of halogens is 1. The molecule has 2 aromatic rings. The van der Waals surface area contributed by atoms with Gasteiger partial charge in [-0.25, -0.2) is 13.1 Å². The number of benzene rings is 1. The van der Waals surface area contributed by atoms with Gasteiger partial charge in [-0.05, 0) is 49.4 Å². The molecular weight excluding hydrogens is 406 g/mol. The molecule has 1 atom stereocenters. The Bertz CT molecular complexity index is 879. The molecular formula is C18H22ClN3O3S2. The number of piperidine rings is 1. The monoisotopic (exact) mass is 427 g/mol. The van der Waals surface area contributed by atoms with E-state index in [-0.39, 0.29) is 18.0 Å². The van der Waals surface area contributed by atoms with Gasteiger partial charge in [-0.2, -0.15) is 0 Å². The number of nitrogens with zero attached hydrogens (tertiary/aromatic N) is 1. The topological polar surface area (TPSA) is 78.5 Å². The number of hydrogen-bond donors (Lipinski definition) is 2. The van der Waals surface area contributed by atoms with Gasteiger partial charge in [-0.1, -0.05) is 23.7 Å². The fourth-order valence-corrected chi connectivity index (χ4v) is 5.58. The first-order valence-electron chi connectivity index (χ1n) is 8.71. The molecule has 0 aliphatic carbocycles. The zero-order valence-electron chi connectivity index (χ0n) is 14.9. The van der Waals surface area contributed by atoms with Gasteiger partial charge in [0.2, 0.25) is 15.9 Å². The van der Waals surface area contributed by atoms with Gasteiger partial charge in [-0.3, -0.25) is 9.69 Å². The summed E-state index contributed by atoms with van der Waals surface area (Å²) in [6, 6.07) is 9.94. The molecule has 2 heterocycles. The van der Waals surface area contributed by atoms with Crippen LogP contribution >= 0.6 is 22.9 Å². The van der Waals surface area contributed by atoms with Gasteiger partial charge in [0.05, 0.1) is 6.04 Å². The average Bonchev–Trinajstić information content (AvgIpc) is 3.17. The quantitative estimate of drug-likeness (QED) is 0.742. The summed E-state index contributed by atoms with van der Waals surface area (Å²) in [4.78, 5) is 14.5. The number of amides is 1. The van der Waals surface area contributed by atoms with Crippen molar-refractivity contribution in [3.63, 3.8) is 0 Å².